The fourth-order valence-electron chi connectivity index (χ4n) is 5.12. The van der Waals surface area contributed by atoms with Gasteiger partial charge in [-0.3, -0.25) is 4.79 Å². The molecule has 3 heterocycles. The van der Waals surface area contributed by atoms with Gasteiger partial charge in [-0.05, 0) is 31.2 Å². The van der Waals surface area contributed by atoms with Crippen LogP contribution in [0.3, 0.4) is 0 Å². The molecule has 2 fully saturated rings. The van der Waals surface area contributed by atoms with Crippen LogP contribution in [-0.4, -0.2) is 108 Å². The Labute approximate surface area is 231 Å². The molecule has 0 bridgehead atoms. The molecule has 3 aromatic rings. The SMILES string of the molecule is C[C@H]1O[C@H](O[C@H]2[C@H](O)[C@@H](O)[C@H](CO)O[C@@H]2c2c(O)cc(O)c3c(=O)cc(-c4ccc(O)cc4)oc23)[C@@H](O)[C@@H](O)[C@@H]1O. The van der Waals surface area contributed by atoms with Gasteiger partial charge in [-0.2, -0.15) is 0 Å². The average Bonchev–Trinajstić information content (AvgIpc) is 2.93. The second-order valence-corrected chi connectivity index (χ2v) is 10.1. The minimum atomic E-state index is -1.85. The molecule has 2 aliphatic heterocycles. The van der Waals surface area contributed by atoms with E-state index in [-0.39, 0.29) is 28.0 Å². The molecule has 9 N–H and O–H groups in total. The van der Waals surface area contributed by atoms with Crippen LogP contribution in [0, 0.1) is 0 Å². The number of fused-ring (bicyclic) bond motifs is 1. The standard InChI is InChI=1S/C27H30O14/c1-9-19(33)21(35)23(37)27(38-9)41-26-22(36)20(34)16(8-28)40-25(26)18-13(31)6-12(30)17-14(32)7-15(39-24(17)18)10-2-4-11(29)5-3-10/h2-7,9,16,19-23,25-31,33-37H,8H2,1H3/t9-,16+,19-,20+,21+,22-,23+,25-,26+,27-/m1/s1. The lowest BCUT2D eigenvalue weighted by Crippen LogP contribution is -2.61. The molecule has 14 nitrogen and oxygen atoms in total. The first kappa shape index (κ1) is 29.2. The minimum Gasteiger partial charge on any atom is -0.508 e. The number of aliphatic hydroxyl groups excluding tert-OH is 6. The van der Waals surface area contributed by atoms with E-state index in [1.165, 1.54) is 31.2 Å². The Kier molecular flexibility index (Phi) is 7.95. The lowest BCUT2D eigenvalue weighted by molar-refractivity contribution is -0.338. The Balaban J connectivity index is 1.67. The zero-order chi connectivity index (χ0) is 29.7. The lowest BCUT2D eigenvalue weighted by Gasteiger charge is -2.46. The molecule has 2 aliphatic rings. The molecule has 1 aromatic heterocycles. The predicted octanol–water partition coefficient (Wildman–Crippen LogP) is -1.06. The number of phenols is 3. The Morgan fingerprint density at radius 2 is 1.51 bits per heavy atom. The molecule has 2 aromatic carbocycles. The molecule has 2 saturated heterocycles. The molecule has 0 amide bonds. The summed E-state index contributed by atoms with van der Waals surface area (Å²) in [4.78, 5) is 13.1. The van der Waals surface area contributed by atoms with Crippen LogP contribution in [-0.2, 0) is 14.2 Å². The maximum atomic E-state index is 13.1. The molecule has 0 aliphatic carbocycles. The Bertz CT molecular complexity index is 1460. The number of aliphatic hydroxyl groups is 6. The summed E-state index contributed by atoms with van der Waals surface area (Å²) in [6, 6.07) is 7.53. The summed E-state index contributed by atoms with van der Waals surface area (Å²) in [6.45, 7) is 0.613. The molecule has 0 spiro atoms. The average molecular weight is 579 g/mol. The van der Waals surface area contributed by atoms with Gasteiger partial charge < -0.3 is 64.6 Å². The van der Waals surface area contributed by atoms with Gasteiger partial charge in [0.25, 0.3) is 0 Å². The summed E-state index contributed by atoms with van der Waals surface area (Å²) in [5.74, 6) is -1.39. The normalized spacial score (nSPS) is 34.1. The number of hydrogen-bond donors (Lipinski definition) is 9. The van der Waals surface area contributed by atoms with E-state index in [2.05, 4.69) is 0 Å². The van der Waals surface area contributed by atoms with Gasteiger partial charge >= 0.3 is 0 Å². The van der Waals surface area contributed by atoms with Crippen LogP contribution in [0.15, 0.2) is 45.6 Å². The van der Waals surface area contributed by atoms with Crippen LogP contribution >= 0.6 is 0 Å². The topological polar surface area (TPSA) is 240 Å². The van der Waals surface area contributed by atoms with Gasteiger partial charge in [-0.15, -0.1) is 0 Å². The van der Waals surface area contributed by atoms with Crippen molar-refractivity contribution in [2.45, 2.75) is 68.1 Å². The third-order valence-corrected chi connectivity index (χ3v) is 7.40. The Morgan fingerprint density at radius 3 is 2.17 bits per heavy atom. The second-order valence-electron chi connectivity index (χ2n) is 10.1. The van der Waals surface area contributed by atoms with Crippen LogP contribution in [0.4, 0.5) is 0 Å². The zero-order valence-corrected chi connectivity index (χ0v) is 21.5. The molecule has 10 atom stereocenters. The maximum Gasteiger partial charge on any atom is 0.197 e. The van der Waals surface area contributed by atoms with Crippen molar-refractivity contribution in [3.05, 3.63) is 52.2 Å². The van der Waals surface area contributed by atoms with Gasteiger partial charge in [0.15, 0.2) is 17.3 Å². The van der Waals surface area contributed by atoms with Gasteiger partial charge in [0.2, 0.25) is 0 Å². The largest absolute Gasteiger partial charge is 0.508 e. The van der Waals surface area contributed by atoms with E-state index in [0.29, 0.717) is 5.56 Å². The quantitative estimate of drug-likeness (QED) is 0.175. The van der Waals surface area contributed by atoms with Gasteiger partial charge in [-0.25, -0.2) is 0 Å². The summed E-state index contributed by atoms with van der Waals surface area (Å²) in [6.07, 6.45) is -16.0. The maximum absolute atomic E-state index is 13.1. The highest BCUT2D eigenvalue weighted by molar-refractivity contribution is 5.89. The van der Waals surface area contributed by atoms with Crippen molar-refractivity contribution in [3.8, 4) is 28.6 Å². The first-order valence-electron chi connectivity index (χ1n) is 12.7. The molecule has 0 radical (unpaired) electrons. The molecule has 41 heavy (non-hydrogen) atoms. The minimum absolute atomic E-state index is 0.0294. The van der Waals surface area contributed by atoms with Crippen molar-refractivity contribution in [1.82, 2.24) is 0 Å². The van der Waals surface area contributed by atoms with Crippen molar-refractivity contribution < 1.29 is 64.6 Å². The van der Waals surface area contributed by atoms with Crippen molar-refractivity contribution in [2.75, 3.05) is 6.61 Å². The molecular weight excluding hydrogens is 548 g/mol. The van der Waals surface area contributed by atoms with Crippen LogP contribution in [0.5, 0.6) is 17.2 Å². The van der Waals surface area contributed by atoms with E-state index >= 15 is 0 Å². The number of hydrogen-bond acceptors (Lipinski definition) is 14. The number of phenolic OH excluding ortho intramolecular Hbond substituents is 3. The number of benzene rings is 2. The first-order chi connectivity index (χ1) is 19.4. The van der Waals surface area contributed by atoms with Gasteiger partial charge in [-0.1, -0.05) is 0 Å². The van der Waals surface area contributed by atoms with E-state index in [9.17, 15) is 50.8 Å². The molecule has 14 heteroatoms. The van der Waals surface area contributed by atoms with E-state index in [4.69, 9.17) is 18.6 Å². The third kappa shape index (κ3) is 5.14. The van der Waals surface area contributed by atoms with Crippen molar-refractivity contribution in [1.29, 1.82) is 0 Å². The second kappa shape index (κ2) is 11.2. The summed E-state index contributed by atoms with van der Waals surface area (Å²) in [5.41, 5.74) is -1.08. The zero-order valence-electron chi connectivity index (χ0n) is 21.5. The van der Waals surface area contributed by atoms with Crippen LogP contribution in [0.2, 0.25) is 0 Å². The van der Waals surface area contributed by atoms with Gasteiger partial charge in [0.05, 0.1) is 18.3 Å². The van der Waals surface area contributed by atoms with E-state index in [1.54, 1.807) is 0 Å². The third-order valence-electron chi connectivity index (χ3n) is 7.40. The van der Waals surface area contributed by atoms with Crippen molar-refractivity contribution in [2.24, 2.45) is 0 Å². The highest BCUT2D eigenvalue weighted by Gasteiger charge is 2.51. The summed E-state index contributed by atoms with van der Waals surface area (Å²) < 4.78 is 23.0. The molecule has 222 valence electrons. The number of rotatable bonds is 5. The molecule has 0 saturated carbocycles. The first-order valence-corrected chi connectivity index (χ1v) is 12.7. The fourth-order valence-corrected chi connectivity index (χ4v) is 5.12. The van der Waals surface area contributed by atoms with E-state index in [1.807, 2.05) is 0 Å². The summed E-state index contributed by atoms with van der Waals surface area (Å²) in [5, 5.41) is 93.0. The van der Waals surface area contributed by atoms with E-state index < -0.39 is 84.8 Å². The Hall–Kier alpha value is -3.31. The van der Waals surface area contributed by atoms with Crippen molar-refractivity contribution in [3.63, 3.8) is 0 Å². The van der Waals surface area contributed by atoms with E-state index in [0.717, 1.165) is 12.1 Å². The van der Waals surface area contributed by atoms with Crippen LogP contribution in [0.25, 0.3) is 22.3 Å². The lowest BCUT2D eigenvalue weighted by atomic mass is 9.89. The molecule has 0 unspecified atom stereocenters. The van der Waals surface area contributed by atoms with Crippen LogP contribution < -0.4 is 5.43 Å². The van der Waals surface area contributed by atoms with Gasteiger partial charge in [0, 0.05) is 17.7 Å². The predicted molar refractivity (Wildman–Crippen MR) is 137 cm³/mol. The Morgan fingerprint density at radius 1 is 0.829 bits per heavy atom. The van der Waals surface area contributed by atoms with Crippen LogP contribution in [0.1, 0.15) is 18.6 Å². The highest BCUT2D eigenvalue weighted by atomic mass is 16.7. The van der Waals surface area contributed by atoms with Crippen molar-refractivity contribution >= 4 is 11.0 Å². The summed E-state index contributed by atoms with van der Waals surface area (Å²) >= 11 is 0. The highest BCUT2D eigenvalue weighted by Crippen LogP contribution is 2.45. The smallest absolute Gasteiger partial charge is 0.197 e. The van der Waals surface area contributed by atoms with Gasteiger partial charge in [0.1, 0.15) is 77.2 Å². The monoisotopic (exact) mass is 578 g/mol. The number of ether oxygens (including phenoxy) is 3. The number of aromatic hydroxyl groups is 3. The molecular formula is C27H30O14. The molecule has 5 rings (SSSR count). The fraction of sp³-hybridized carbons (Fsp3) is 0.444. The summed E-state index contributed by atoms with van der Waals surface area (Å²) in [7, 11) is 0.